The molecule has 1 atom stereocenters. The fourth-order valence-corrected chi connectivity index (χ4v) is 3.16. The molecular weight excluding hydrogens is 318 g/mol. The van der Waals surface area contributed by atoms with Gasteiger partial charge >= 0.3 is 0 Å². The quantitative estimate of drug-likeness (QED) is 0.860. The Bertz CT molecular complexity index is 670. The van der Waals surface area contributed by atoms with Crippen molar-refractivity contribution >= 4 is 29.1 Å². The predicted octanol–water partition coefficient (Wildman–Crippen LogP) is 2.48. The maximum Gasteiger partial charge on any atom is 0.246 e. The van der Waals surface area contributed by atoms with Crippen LogP contribution in [0, 0.1) is 5.92 Å². The number of carbonyl (C=O) groups excluding carboxylic acids is 3. The number of aryl methyl sites for hydroxylation is 1. The highest BCUT2D eigenvalue weighted by Crippen LogP contribution is 2.30. The van der Waals surface area contributed by atoms with E-state index < -0.39 is 6.04 Å². The number of hydrogen-bond acceptors (Lipinski definition) is 3. The number of anilines is 2. The Balaban J connectivity index is 2.18. The number of carbonyl (C=O) groups is 3. The van der Waals surface area contributed by atoms with Crippen LogP contribution in [0.1, 0.15) is 46.1 Å². The van der Waals surface area contributed by atoms with Gasteiger partial charge in [0.2, 0.25) is 17.7 Å². The number of benzene rings is 1. The standard InChI is InChI=1S/C19H27N3O3/c1-12(2)10-17(20-13(3)23)19(25)21-16-8-7-15-6-5-9-22(14(4)24)18(15)11-16/h7-8,11-12,17H,5-6,9-10H2,1-4H3,(H,20,23)(H,21,25)/t17-/m1/s1. The number of nitrogens with one attached hydrogen (secondary N) is 2. The van der Waals surface area contributed by atoms with Crippen molar-refractivity contribution in [3.8, 4) is 0 Å². The molecule has 0 fully saturated rings. The lowest BCUT2D eigenvalue weighted by Crippen LogP contribution is -2.43. The predicted molar refractivity (Wildman–Crippen MR) is 98.5 cm³/mol. The van der Waals surface area contributed by atoms with Gasteiger partial charge in [-0.25, -0.2) is 0 Å². The van der Waals surface area contributed by atoms with E-state index in [2.05, 4.69) is 10.6 Å². The highest BCUT2D eigenvalue weighted by molar-refractivity contribution is 5.98. The summed E-state index contributed by atoms with van der Waals surface area (Å²) in [6, 6.07) is 5.07. The molecule has 136 valence electrons. The lowest BCUT2D eigenvalue weighted by Gasteiger charge is -2.29. The Morgan fingerprint density at radius 3 is 2.52 bits per heavy atom. The first-order valence-electron chi connectivity index (χ1n) is 8.77. The Kier molecular flexibility index (Phi) is 6.17. The van der Waals surface area contributed by atoms with Crippen LogP contribution in [0.3, 0.4) is 0 Å². The van der Waals surface area contributed by atoms with Crippen molar-refractivity contribution in [1.29, 1.82) is 0 Å². The van der Waals surface area contributed by atoms with Crippen LogP contribution in [-0.2, 0) is 20.8 Å². The Morgan fingerprint density at radius 2 is 1.92 bits per heavy atom. The molecule has 2 N–H and O–H groups in total. The van der Waals surface area contributed by atoms with Crippen molar-refractivity contribution in [3.63, 3.8) is 0 Å². The van der Waals surface area contributed by atoms with Crippen LogP contribution < -0.4 is 15.5 Å². The van der Waals surface area contributed by atoms with Gasteiger partial charge in [0.15, 0.2) is 0 Å². The van der Waals surface area contributed by atoms with E-state index in [4.69, 9.17) is 0 Å². The Hall–Kier alpha value is -2.37. The minimum Gasteiger partial charge on any atom is -0.345 e. The van der Waals surface area contributed by atoms with E-state index in [1.165, 1.54) is 6.92 Å². The van der Waals surface area contributed by atoms with Gasteiger partial charge in [0.05, 0.1) is 0 Å². The third-order valence-corrected chi connectivity index (χ3v) is 4.25. The van der Waals surface area contributed by atoms with E-state index >= 15 is 0 Å². The van der Waals surface area contributed by atoms with Crippen molar-refractivity contribution in [2.24, 2.45) is 5.92 Å². The molecule has 0 aromatic heterocycles. The number of hydrogen-bond donors (Lipinski definition) is 2. The van der Waals surface area contributed by atoms with Crippen LogP contribution in [0.15, 0.2) is 18.2 Å². The summed E-state index contributed by atoms with van der Waals surface area (Å²) >= 11 is 0. The Morgan fingerprint density at radius 1 is 1.20 bits per heavy atom. The van der Waals surface area contributed by atoms with Crippen molar-refractivity contribution in [1.82, 2.24) is 5.32 Å². The SMILES string of the molecule is CC(=O)N[C@H](CC(C)C)C(=O)Nc1ccc2c(c1)N(C(C)=O)CCC2. The van der Waals surface area contributed by atoms with Crippen molar-refractivity contribution in [3.05, 3.63) is 23.8 Å². The summed E-state index contributed by atoms with van der Waals surface area (Å²) in [4.78, 5) is 37.5. The number of amides is 3. The largest absolute Gasteiger partial charge is 0.345 e. The summed E-state index contributed by atoms with van der Waals surface area (Å²) in [7, 11) is 0. The van der Waals surface area contributed by atoms with Crippen molar-refractivity contribution in [2.75, 3.05) is 16.8 Å². The Labute approximate surface area is 149 Å². The molecule has 25 heavy (non-hydrogen) atoms. The molecule has 0 aliphatic carbocycles. The molecule has 1 aliphatic rings. The average molecular weight is 345 g/mol. The van der Waals surface area contributed by atoms with E-state index in [-0.39, 0.29) is 23.6 Å². The van der Waals surface area contributed by atoms with Crippen LogP contribution in [0.5, 0.6) is 0 Å². The third kappa shape index (κ3) is 5.05. The van der Waals surface area contributed by atoms with E-state index in [9.17, 15) is 14.4 Å². The second-order valence-electron chi connectivity index (χ2n) is 6.99. The van der Waals surface area contributed by atoms with Gasteiger partial charge in [-0.15, -0.1) is 0 Å². The van der Waals surface area contributed by atoms with Crippen LogP contribution in [0.25, 0.3) is 0 Å². The molecule has 6 nitrogen and oxygen atoms in total. The molecule has 0 saturated carbocycles. The summed E-state index contributed by atoms with van der Waals surface area (Å²) in [5.41, 5.74) is 2.60. The third-order valence-electron chi connectivity index (χ3n) is 4.25. The van der Waals surface area contributed by atoms with Gasteiger partial charge in [0, 0.05) is 31.8 Å². The van der Waals surface area contributed by atoms with Gasteiger partial charge in [-0.3, -0.25) is 14.4 Å². The summed E-state index contributed by atoms with van der Waals surface area (Å²) in [5.74, 6) is -0.192. The number of rotatable bonds is 5. The lowest BCUT2D eigenvalue weighted by molar-refractivity contribution is -0.125. The summed E-state index contributed by atoms with van der Waals surface area (Å²) in [5, 5.41) is 5.58. The topological polar surface area (TPSA) is 78.5 Å². The van der Waals surface area contributed by atoms with Gasteiger partial charge < -0.3 is 15.5 Å². The van der Waals surface area contributed by atoms with Gasteiger partial charge in [-0.2, -0.15) is 0 Å². The molecule has 1 heterocycles. The maximum absolute atomic E-state index is 12.6. The van der Waals surface area contributed by atoms with Crippen LogP contribution in [0.2, 0.25) is 0 Å². The highest BCUT2D eigenvalue weighted by atomic mass is 16.2. The molecule has 0 bridgehead atoms. The summed E-state index contributed by atoms with van der Waals surface area (Å²) < 4.78 is 0. The number of nitrogens with zero attached hydrogens (tertiary/aromatic N) is 1. The van der Waals surface area contributed by atoms with Crippen LogP contribution in [-0.4, -0.2) is 30.3 Å². The molecule has 0 saturated heterocycles. The van der Waals surface area contributed by atoms with Crippen LogP contribution in [0.4, 0.5) is 11.4 Å². The van der Waals surface area contributed by atoms with E-state index in [0.717, 1.165) is 24.1 Å². The first-order chi connectivity index (χ1) is 11.8. The zero-order valence-electron chi connectivity index (χ0n) is 15.4. The smallest absolute Gasteiger partial charge is 0.246 e. The first-order valence-corrected chi connectivity index (χ1v) is 8.77. The highest BCUT2D eigenvalue weighted by Gasteiger charge is 2.23. The molecule has 1 aromatic carbocycles. The first kappa shape index (κ1) is 19.0. The minimum atomic E-state index is -0.572. The minimum absolute atomic E-state index is 0.000331. The normalized spacial score (nSPS) is 14.7. The van der Waals surface area contributed by atoms with E-state index in [0.29, 0.717) is 18.7 Å². The average Bonchev–Trinajstić information content (AvgIpc) is 2.52. The monoisotopic (exact) mass is 345 g/mol. The molecular formula is C19H27N3O3. The second kappa shape index (κ2) is 8.14. The lowest BCUT2D eigenvalue weighted by atomic mass is 10.0. The van der Waals surface area contributed by atoms with Gasteiger partial charge in [-0.1, -0.05) is 19.9 Å². The number of fused-ring (bicyclic) bond motifs is 1. The van der Waals surface area contributed by atoms with Gasteiger partial charge in [0.25, 0.3) is 0 Å². The zero-order chi connectivity index (χ0) is 18.6. The van der Waals surface area contributed by atoms with Crippen molar-refractivity contribution < 1.29 is 14.4 Å². The van der Waals surface area contributed by atoms with Crippen LogP contribution >= 0.6 is 0 Å². The van der Waals surface area contributed by atoms with Crippen molar-refractivity contribution in [2.45, 2.75) is 53.0 Å². The fourth-order valence-electron chi connectivity index (χ4n) is 3.16. The van der Waals surface area contributed by atoms with Gasteiger partial charge in [0.1, 0.15) is 6.04 Å². The molecule has 1 aliphatic heterocycles. The molecule has 3 amide bonds. The van der Waals surface area contributed by atoms with E-state index in [1.54, 1.807) is 11.8 Å². The molecule has 2 rings (SSSR count). The molecule has 0 radical (unpaired) electrons. The molecule has 0 unspecified atom stereocenters. The maximum atomic E-state index is 12.6. The summed E-state index contributed by atoms with van der Waals surface area (Å²) in [6.07, 6.45) is 2.43. The second-order valence-corrected chi connectivity index (χ2v) is 6.99. The molecule has 0 spiro atoms. The van der Waals surface area contributed by atoms with Gasteiger partial charge in [-0.05, 0) is 42.9 Å². The van der Waals surface area contributed by atoms with E-state index in [1.807, 2.05) is 32.0 Å². The molecule has 1 aromatic rings. The zero-order valence-corrected chi connectivity index (χ0v) is 15.4. The molecule has 6 heteroatoms. The fraction of sp³-hybridized carbons (Fsp3) is 0.526. The summed E-state index contributed by atoms with van der Waals surface area (Å²) in [6.45, 7) is 7.67.